The van der Waals surface area contributed by atoms with Gasteiger partial charge in [0.05, 0.1) is 0 Å². The van der Waals surface area contributed by atoms with Gasteiger partial charge in [-0.3, -0.25) is 0 Å². The first kappa shape index (κ1) is 15.7. The maximum Gasteiger partial charge on any atom is 0.0367 e. The number of benzene rings is 1. The zero-order valence-electron chi connectivity index (χ0n) is 13.3. The second-order valence-electron chi connectivity index (χ2n) is 6.72. The van der Waals surface area contributed by atoms with Gasteiger partial charge in [0.25, 0.3) is 0 Å². The minimum Gasteiger partial charge on any atom is -0.369 e. The van der Waals surface area contributed by atoms with Crippen LogP contribution >= 0.6 is 11.8 Å². The second-order valence-corrected chi connectivity index (χ2v) is 8.52. The molecule has 2 rings (SSSR count). The van der Waals surface area contributed by atoms with Crippen molar-refractivity contribution >= 4 is 17.4 Å². The molecule has 112 valence electrons. The molecule has 1 saturated heterocycles. The molecule has 1 fully saturated rings. The molecule has 1 aromatic rings. The molecule has 3 heteroatoms. The Labute approximate surface area is 128 Å². The Kier molecular flexibility index (Phi) is 5.39. The number of anilines is 1. The Morgan fingerprint density at radius 1 is 1.25 bits per heavy atom. The highest BCUT2D eigenvalue weighted by Crippen LogP contribution is 2.32. The van der Waals surface area contributed by atoms with Crippen molar-refractivity contribution in [2.75, 3.05) is 30.3 Å². The van der Waals surface area contributed by atoms with Crippen LogP contribution in [0, 0.1) is 5.92 Å². The first-order valence-electron chi connectivity index (χ1n) is 7.65. The van der Waals surface area contributed by atoms with Gasteiger partial charge in [0.15, 0.2) is 0 Å². The Balaban J connectivity index is 1.91. The Bertz CT molecular complexity index is 412. The first-order valence-corrected chi connectivity index (χ1v) is 8.63. The Morgan fingerprint density at radius 3 is 2.55 bits per heavy atom. The van der Waals surface area contributed by atoms with Crippen LogP contribution in [0.15, 0.2) is 24.3 Å². The number of nitrogens with one attached hydrogen (secondary N) is 1. The molecule has 0 radical (unpaired) electrons. The standard InChI is InChI=1S/C17H28N2S/c1-14(2)11-18-12-15-5-7-16(8-6-15)19-9-10-20-17(3,4)13-19/h5-8,14,18H,9-13H2,1-4H3. The molecule has 1 aromatic carbocycles. The summed E-state index contributed by atoms with van der Waals surface area (Å²) in [5.41, 5.74) is 2.74. The quantitative estimate of drug-likeness (QED) is 0.889. The molecule has 2 nitrogen and oxygen atoms in total. The summed E-state index contributed by atoms with van der Waals surface area (Å²) in [5.74, 6) is 1.94. The van der Waals surface area contributed by atoms with E-state index < -0.39 is 0 Å². The van der Waals surface area contributed by atoms with Crippen LogP contribution in [0.1, 0.15) is 33.3 Å². The van der Waals surface area contributed by atoms with Crippen LogP contribution in [0.2, 0.25) is 0 Å². The van der Waals surface area contributed by atoms with Gasteiger partial charge in [0, 0.05) is 35.8 Å². The van der Waals surface area contributed by atoms with Crippen LogP contribution in [0.25, 0.3) is 0 Å². The van der Waals surface area contributed by atoms with E-state index in [4.69, 9.17) is 0 Å². The maximum absolute atomic E-state index is 3.50. The van der Waals surface area contributed by atoms with E-state index in [-0.39, 0.29) is 0 Å². The molecule has 0 bridgehead atoms. The summed E-state index contributed by atoms with van der Waals surface area (Å²) < 4.78 is 0.371. The van der Waals surface area contributed by atoms with E-state index in [1.165, 1.54) is 23.5 Å². The molecule has 0 atom stereocenters. The summed E-state index contributed by atoms with van der Waals surface area (Å²) in [4.78, 5) is 2.52. The average molecular weight is 292 g/mol. The van der Waals surface area contributed by atoms with E-state index in [1.54, 1.807) is 0 Å². The minimum atomic E-state index is 0.371. The lowest BCUT2D eigenvalue weighted by Crippen LogP contribution is -2.43. The van der Waals surface area contributed by atoms with Crippen molar-refractivity contribution in [1.29, 1.82) is 0 Å². The lowest BCUT2D eigenvalue weighted by Gasteiger charge is -2.39. The fraction of sp³-hybridized carbons (Fsp3) is 0.647. The Morgan fingerprint density at radius 2 is 1.95 bits per heavy atom. The van der Waals surface area contributed by atoms with Gasteiger partial charge in [0.1, 0.15) is 0 Å². The van der Waals surface area contributed by atoms with E-state index in [2.05, 4.69) is 73.9 Å². The molecule has 20 heavy (non-hydrogen) atoms. The largest absolute Gasteiger partial charge is 0.369 e. The molecule has 1 heterocycles. The maximum atomic E-state index is 3.50. The molecule has 0 saturated carbocycles. The highest BCUT2D eigenvalue weighted by molar-refractivity contribution is 8.00. The van der Waals surface area contributed by atoms with Crippen molar-refractivity contribution in [3.8, 4) is 0 Å². The second kappa shape index (κ2) is 6.86. The molecule has 1 aliphatic rings. The highest BCUT2D eigenvalue weighted by atomic mass is 32.2. The van der Waals surface area contributed by atoms with Gasteiger partial charge in [-0.1, -0.05) is 26.0 Å². The van der Waals surface area contributed by atoms with Crippen molar-refractivity contribution in [3.05, 3.63) is 29.8 Å². The third-order valence-electron chi connectivity index (χ3n) is 3.61. The molecular weight excluding hydrogens is 264 g/mol. The topological polar surface area (TPSA) is 15.3 Å². The zero-order chi connectivity index (χ0) is 14.6. The van der Waals surface area contributed by atoms with Crippen LogP contribution in [0.4, 0.5) is 5.69 Å². The molecular formula is C17H28N2S. The number of hydrogen-bond acceptors (Lipinski definition) is 3. The average Bonchev–Trinajstić information content (AvgIpc) is 2.38. The summed E-state index contributed by atoms with van der Waals surface area (Å²) in [6, 6.07) is 9.08. The molecule has 1 aliphatic heterocycles. The minimum absolute atomic E-state index is 0.371. The first-order chi connectivity index (χ1) is 9.46. The summed E-state index contributed by atoms with van der Waals surface area (Å²) in [6.07, 6.45) is 0. The number of hydrogen-bond donors (Lipinski definition) is 1. The van der Waals surface area contributed by atoms with E-state index in [0.717, 1.165) is 19.6 Å². The van der Waals surface area contributed by atoms with Crippen LogP contribution in [0.3, 0.4) is 0 Å². The van der Waals surface area contributed by atoms with Crippen LogP contribution in [0.5, 0.6) is 0 Å². The van der Waals surface area contributed by atoms with Gasteiger partial charge in [0.2, 0.25) is 0 Å². The molecule has 0 spiro atoms. The summed E-state index contributed by atoms with van der Waals surface area (Å²) >= 11 is 2.08. The van der Waals surface area contributed by atoms with Crippen molar-refractivity contribution in [3.63, 3.8) is 0 Å². The van der Waals surface area contributed by atoms with E-state index in [0.29, 0.717) is 10.7 Å². The predicted molar refractivity (Wildman–Crippen MR) is 91.7 cm³/mol. The van der Waals surface area contributed by atoms with Crippen LogP contribution in [-0.4, -0.2) is 30.1 Å². The van der Waals surface area contributed by atoms with Crippen molar-refractivity contribution in [2.24, 2.45) is 5.92 Å². The molecule has 0 amide bonds. The monoisotopic (exact) mass is 292 g/mol. The lowest BCUT2D eigenvalue weighted by molar-refractivity contribution is 0.552. The van der Waals surface area contributed by atoms with Gasteiger partial charge in [-0.05, 0) is 44.0 Å². The summed E-state index contributed by atoms with van der Waals surface area (Å²) in [6.45, 7) is 13.5. The summed E-state index contributed by atoms with van der Waals surface area (Å²) in [5, 5.41) is 3.50. The van der Waals surface area contributed by atoms with Crippen molar-refractivity contribution in [2.45, 2.75) is 39.0 Å². The summed E-state index contributed by atoms with van der Waals surface area (Å²) in [7, 11) is 0. The van der Waals surface area contributed by atoms with Crippen LogP contribution < -0.4 is 10.2 Å². The normalized spacial score (nSPS) is 18.6. The van der Waals surface area contributed by atoms with Gasteiger partial charge >= 0.3 is 0 Å². The molecule has 0 aromatic heterocycles. The molecule has 0 unspecified atom stereocenters. The van der Waals surface area contributed by atoms with E-state index in [9.17, 15) is 0 Å². The zero-order valence-corrected chi connectivity index (χ0v) is 14.1. The fourth-order valence-electron chi connectivity index (χ4n) is 2.57. The number of rotatable bonds is 5. The highest BCUT2D eigenvalue weighted by Gasteiger charge is 2.26. The third kappa shape index (κ3) is 4.71. The Hall–Kier alpha value is -0.670. The number of nitrogens with zero attached hydrogens (tertiary/aromatic N) is 1. The molecule has 1 N–H and O–H groups in total. The molecule has 0 aliphatic carbocycles. The van der Waals surface area contributed by atoms with Crippen LogP contribution in [-0.2, 0) is 6.54 Å². The van der Waals surface area contributed by atoms with Crippen molar-refractivity contribution in [1.82, 2.24) is 5.32 Å². The van der Waals surface area contributed by atoms with Gasteiger partial charge < -0.3 is 10.2 Å². The lowest BCUT2D eigenvalue weighted by atomic mass is 10.1. The SMILES string of the molecule is CC(C)CNCc1ccc(N2CCSC(C)(C)C2)cc1. The van der Waals surface area contributed by atoms with E-state index in [1.807, 2.05) is 0 Å². The van der Waals surface area contributed by atoms with E-state index >= 15 is 0 Å². The van der Waals surface area contributed by atoms with Gasteiger partial charge in [-0.2, -0.15) is 11.8 Å². The predicted octanol–water partition coefficient (Wildman–Crippen LogP) is 3.76. The smallest absolute Gasteiger partial charge is 0.0367 e. The third-order valence-corrected chi connectivity index (χ3v) is 4.91. The van der Waals surface area contributed by atoms with Crippen molar-refractivity contribution < 1.29 is 0 Å². The number of thioether (sulfide) groups is 1. The van der Waals surface area contributed by atoms with Gasteiger partial charge in [-0.15, -0.1) is 0 Å². The van der Waals surface area contributed by atoms with Gasteiger partial charge in [-0.25, -0.2) is 0 Å². The fourth-order valence-corrected chi connectivity index (χ4v) is 3.68.